The van der Waals surface area contributed by atoms with E-state index in [0.29, 0.717) is 16.3 Å². The number of rotatable bonds is 6. The third-order valence-corrected chi connectivity index (χ3v) is 4.74. The monoisotopic (exact) mass is 362 g/mol. The molecular formula is C17H22N4O3S. The third-order valence-electron chi connectivity index (χ3n) is 3.71. The summed E-state index contributed by atoms with van der Waals surface area (Å²) in [5, 5.41) is 7.25. The predicted molar refractivity (Wildman–Crippen MR) is 95.4 cm³/mol. The van der Waals surface area contributed by atoms with Crippen LogP contribution in [0.3, 0.4) is 0 Å². The molecule has 1 atom stereocenters. The van der Waals surface area contributed by atoms with Gasteiger partial charge in [-0.3, -0.25) is 9.59 Å². The van der Waals surface area contributed by atoms with Gasteiger partial charge in [0.25, 0.3) is 5.91 Å². The van der Waals surface area contributed by atoms with Gasteiger partial charge >= 0.3 is 0 Å². The molecule has 0 aliphatic carbocycles. The van der Waals surface area contributed by atoms with Crippen LogP contribution in [-0.2, 0) is 10.5 Å². The van der Waals surface area contributed by atoms with Gasteiger partial charge in [-0.25, -0.2) is 4.98 Å². The van der Waals surface area contributed by atoms with Gasteiger partial charge < -0.3 is 14.7 Å². The number of nitrogens with one attached hydrogen (secondary N) is 1. The molecule has 0 aliphatic rings. The van der Waals surface area contributed by atoms with E-state index in [0.717, 1.165) is 17.0 Å². The average molecular weight is 362 g/mol. The molecule has 0 fully saturated rings. The Morgan fingerprint density at radius 3 is 2.68 bits per heavy atom. The van der Waals surface area contributed by atoms with Gasteiger partial charge in [0.2, 0.25) is 5.91 Å². The van der Waals surface area contributed by atoms with Crippen LogP contribution in [0, 0.1) is 13.8 Å². The summed E-state index contributed by atoms with van der Waals surface area (Å²) in [6, 6.07) is 2.79. The lowest BCUT2D eigenvalue weighted by atomic mass is 10.2. The Morgan fingerprint density at radius 1 is 1.36 bits per heavy atom. The van der Waals surface area contributed by atoms with Crippen LogP contribution in [0.2, 0.25) is 0 Å². The minimum Gasteiger partial charge on any atom is -0.361 e. The lowest BCUT2D eigenvalue weighted by molar-refractivity contribution is -0.130. The summed E-state index contributed by atoms with van der Waals surface area (Å²) in [4.78, 5) is 30.2. The largest absolute Gasteiger partial charge is 0.361 e. The molecule has 0 spiro atoms. The fourth-order valence-corrected chi connectivity index (χ4v) is 3.40. The first-order valence-electron chi connectivity index (χ1n) is 7.82. The number of carbonyl (C=O) groups excluding carboxylic acids is 2. The van der Waals surface area contributed by atoms with Crippen molar-refractivity contribution in [3.8, 4) is 0 Å². The van der Waals surface area contributed by atoms with E-state index < -0.39 is 6.04 Å². The van der Waals surface area contributed by atoms with E-state index >= 15 is 0 Å². The van der Waals surface area contributed by atoms with Crippen molar-refractivity contribution in [2.75, 3.05) is 14.1 Å². The van der Waals surface area contributed by atoms with E-state index in [2.05, 4.69) is 15.5 Å². The van der Waals surface area contributed by atoms with Crippen molar-refractivity contribution in [1.29, 1.82) is 0 Å². The number of hydrogen-bond donors (Lipinski definition) is 1. The third kappa shape index (κ3) is 4.60. The molecule has 134 valence electrons. The maximum atomic E-state index is 12.5. The Hall–Kier alpha value is -2.35. The van der Waals surface area contributed by atoms with Crippen molar-refractivity contribution >= 4 is 23.6 Å². The zero-order valence-corrected chi connectivity index (χ0v) is 15.8. The number of aryl methyl sites for hydroxylation is 2. The molecule has 0 radical (unpaired) electrons. The number of thioether (sulfide) groups is 1. The first kappa shape index (κ1) is 19.0. The second-order valence-corrected chi connectivity index (χ2v) is 6.84. The molecule has 8 heteroatoms. The van der Waals surface area contributed by atoms with Crippen LogP contribution in [0.4, 0.5) is 0 Å². The van der Waals surface area contributed by atoms with Crippen LogP contribution in [0.15, 0.2) is 27.9 Å². The molecule has 0 saturated carbocycles. The molecule has 2 heterocycles. The van der Waals surface area contributed by atoms with E-state index in [1.807, 2.05) is 13.8 Å². The summed E-state index contributed by atoms with van der Waals surface area (Å²) >= 11 is 1.44. The number of aromatic nitrogens is 2. The number of nitrogens with zero attached hydrogens (tertiary/aromatic N) is 3. The summed E-state index contributed by atoms with van der Waals surface area (Å²) < 4.78 is 5.16. The minimum absolute atomic E-state index is 0.165. The molecule has 0 aliphatic heterocycles. The van der Waals surface area contributed by atoms with Gasteiger partial charge in [0.1, 0.15) is 16.8 Å². The zero-order valence-electron chi connectivity index (χ0n) is 15.0. The minimum atomic E-state index is -0.608. The fraction of sp³-hybridized carbons (Fsp3) is 0.412. The van der Waals surface area contributed by atoms with Crippen molar-refractivity contribution in [2.45, 2.75) is 37.6 Å². The van der Waals surface area contributed by atoms with Gasteiger partial charge in [0.05, 0.1) is 11.3 Å². The first-order chi connectivity index (χ1) is 11.8. The predicted octanol–water partition coefficient (Wildman–Crippen LogP) is 2.19. The molecule has 0 bridgehead atoms. The second-order valence-electron chi connectivity index (χ2n) is 5.88. The highest BCUT2D eigenvalue weighted by atomic mass is 32.2. The molecule has 2 rings (SSSR count). The molecule has 2 aromatic heterocycles. The molecule has 0 unspecified atom stereocenters. The van der Waals surface area contributed by atoms with E-state index in [-0.39, 0.29) is 11.8 Å². The average Bonchev–Trinajstić information content (AvgIpc) is 2.90. The molecule has 0 aromatic carbocycles. The number of hydrogen-bond acceptors (Lipinski definition) is 6. The Labute approximate surface area is 151 Å². The summed E-state index contributed by atoms with van der Waals surface area (Å²) in [6.45, 7) is 5.40. The first-order valence-corrected chi connectivity index (χ1v) is 8.81. The van der Waals surface area contributed by atoms with E-state index in [1.165, 1.54) is 16.7 Å². The lowest BCUT2D eigenvalue weighted by Crippen LogP contribution is -2.44. The summed E-state index contributed by atoms with van der Waals surface area (Å²) in [7, 11) is 3.31. The Morgan fingerprint density at radius 2 is 2.08 bits per heavy atom. The maximum Gasteiger partial charge on any atom is 0.254 e. The highest BCUT2D eigenvalue weighted by Gasteiger charge is 2.21. The van der Waals surface area contributed by atoms with Crippen molar-refractivity contribution in [2.24, 2.45) is 0 Å². The molecule has 2 amide bonds. The normalized spacial score (nSPS) is 11.9. The van der Waals surface area contributed by atoms with Crippen LogP contribution in [-0.4, -0.2) is 47.0 Å². The topological polar surface area (TPSA) is 88.3 Å². The fourth-order valence-electron chi connectivity index (χ4n) is 2.25. The molecule has 0 saturated heterocycles. The Balaban J connectivity index is 2.12. The van der Waals surface area contributed by atoms with Gasteiger partial charge in [0, 0.05) is 31.6 Å². The van der Waals surface area contributed by atoms with Gasteiger partial charge in [-0.2, -0.15) is 0 Å². The van der Waals surface area contributed by atoms with Crippen LogP contribution < -0.4 is 5.32 Å². The maximum absolute atomic E-state index is 12.5. The second kappa shape index (κ2) is 8.15. The highest BCUT2D eigenvalue weighted by molar-refractivity contribution is 7.98. The molecule has 2 aromatic rings. The van der Waals surface area contributed by atoms with Crippen LogP contribution >= 0.6 is 11.8 Å². The van der Waals surface area contributed by atoms with Gasteiger partial charge in [-0.05, 0) is 32.9 Å². The van der Waals surface area contributed by atoms with Gasteiger partial charge in [-0.1, -0.05) is 5.16 Å². The molecule has 1 N–H and O–H groups in total. The molecular weight excluding hydrogens is 340 g/mol. The highest BCUT2D eigenvalue weighted by Crippen LogP contribution is 2.27. The van der Waals surface area contributed by atoms with Crippen LogP contribution in [0.1, 0.15) is 34.3 Å². The van der Waals surface area contributed by atoms with E-state index in [4.69, 9.17) is 4.52 Å². The van der Waals surface area contributed by atoms with Crippen molar-refractivity contribution < 1.29 is 14.1 Å². The van der Waals surface area contributed by atoms with Crippen molar-refractivity contribution in [1.82, 2.24) is 20.4 Å². The molecule has 7 nitrogen and oxygen atoms in total. The standard InChI is InChI=1S/C17H22N4O3S/c1-10-14(12(3)24-20-10)9-25-16-13(7-6-8-18-16)15(22)19-11(2)17(23)21(4)5/h6-8,11H,9H2,1-5H3,(H,19,22)/t11-/m1/s1. The van der Waals surface area contributed by atoms with E-state index in [9.17, 15) is 9.59 Å². The number of likely N-dealkylation sites (N-methyl/N-ethyl adjacent to an activating group) is 1. The quantitative estimate of drug-likeness (QED) is 0.793. The lowest BCUT2D eigenvalue weighted by Gasteiger charge is -2.18. The Kier molecular flexibility index (Phi) is 6.19. The van der Waals surface area contributed by atoms with E-state index in [1.54, 1.807) is 39.3 Å². The number of amides is 2. The number of pyridine rings is 1. The smallest absolute Gasteiger partial charge is 0.254 e. The number of carbonyl (C=O) groups is 2. The molecule has 25 heavy (non-hydrogen) atoms. The summed E-state index contributed by atoms with van der Waals surface area (Å²) in [5.41, 5.74) is 2.27. The van der Waals surface area contributed by atoms with Gasteiger partial charge in [0.15, 0.2) is 0 Å². The Bertz CT molecular complexity index is 754. The van der Waals surface area contributed by atoms with Crippen molar-refractivity contribution in [3.05, 3.63) is 40.9 Å². The van der Waals surface area contributed by atoms with Gasteiger partial charge in [-0.15, -0.1) is 11.8 Å². The summed E-state index contributed by atoms with van der Waals surface area (Å²) in [6.07, 6.45) is 1.64. The van der Waals surface area contributed by atoms with Crippen LogP contribution in [0.25, 0.3) is 0 Å². The summed E-state index contributed by atoms with van der Waals surface area (Å²) in [5.74, 6) is 0.876. The van der Waals surface area contributed by atoms with Crippen LogP contribution in [0.5, 0.6) is 0 Å². The SMILES string of the molecule is Cc1noc(C)c1CSc1ncccc1C(=O)N[C@H](C)C(=O)N(C)C. The zero-order chi connectivity index (χ0) is 18.6. The van der Waals surface area contributed by atoms with Crippen molar-refractivity contribution in [3.63, 3.8) is 0 Å².